The van der Waals surface area contributed by atoms with Crippen LogP contribution in [0, 0.1) is 0 Å². The Balaban J connectivity index is 3.91. The van der Waals surface area contributed by atoms with Gasteiger partial charge in [-0.1, -0.05) is 0 Å². The van der Waals surface area contributed by atoms with Gasteiger partial charge in [0.05, 0.1) is 5.75 Å². The van der Waals surface area contributed by atoms with Crippen molar-refractivity contribution in [3.63, 3.8) is 0 Å². The number of nitrogens with zero attached hydrogens (tertiary/aromatic N) is 1. The Hall–Kier alpha value is 0.220. The summed E-state index contributed by atoms with van der Waals surface area (Å²) in [6, 6.07) is 0. The van der Waals surface area contributed by atoms with E-state index in [4.69, 9.17) is 0 Å². The van der Waals surface area contributed by atoms with E-state index in [2.05, 4.69) is 5.32 Å². The van der Waals surface area contributed by atoms with Gasteiger partial charge >= 0.3 is 0 Å². The lowest BCUT2D eigenvalue weighted by Crippen LogP contribution is -2.32. The SMILES string of the molecule is CNCCCS(=O)(=O)N(C)CCSC. The third-order valence-electron chi connectivity index (χ3n) is 1.91. The van der Waals surface area contributed by atoms with Crippen LogP contribution in [0.4, 0.5) is 0 Å². The molecule has 86 valence electrons. The molecule has 0 aromatic heterocycles. The molecule has 0 aliphatic carbocycles. The topological polar surface area (TPSA) is 49.4 Å². The van der Waals surface area contributed by atoms with Crippen LogP contribution in [0.15, 0.2) is 0 Å². The van der Waals surface area contributed by atoms with E-state index < -0.39 is 10.0 Å². The standard InChI is InChI=1S/C8H20N2O2S2/c1-9-5-4-8-14(11,12)10(2)6-7-13-3/h9H,4-8H2,1-3H3. The van der Waals surface area contributed by atoms with E-state index in [0.29, 0.717) is 13.0 Å². The summed E-state index contributed by atoms with van der Waals surface area (Å²) in [5, 5.41) is 2.94. The maximum absolute atomic E-state index is 11.6. The van der Waals surface area contributed by atoms with Crippen molar-refractivity contribution in [3.05, 3.63) is 0 Å². The molecule has 0 aromatic rings. The highest BCUT2D eigenvalue weighted by atomic mass is 32.2. The van der Waals surface area contributed by atoms with Crippen molar-refractivity contribution in [3.8, 4) is 0 Å². The molecule has 0 amide bonds. The normalized spacial score (nSPS) is 12.3. The molecule has 0 saturated carbocycles. The van der Waals surface area contributed by atoms with Crippen molar-refractivity contribution < 1.29 is 8.42 Å². The quantitative estimate of drug-likeness (QED) is 0.617. The van der Waals surface area contributed by atoms with Crippen LogP contribution >= 0.6 is 11.8 Å². The van der Waals surface area contributed by atoms with Crippen molar-refractivity contribution in [1.82, 2.24) is 9.62 Å². The first-order valence-corrected chi connectivity index (χ1v) is 7.62. The molecule has 0 rings (SSSR count). The number of rotatable bonds is 8. The van der Waals surface area contributed by atoms with E-state index in [1.165, 1.54) is 4.31 Å². The Kier molecular flexibility index (Phi) is 7.62. The van der Waals surface area contributed by atoms with Gasteiger partial charge in [-0.25, -0.2) is 12.7 Å². The van der Waals surface area contributed by atoms with Gasteiger partial charge in [-0.3, -0.25) is 0 Å². The Morgan fingerprint density at radius 2 is 2.07 bits per heavy atom. The first kappa shape index (κ1) is 14.2. The van der Waals surface area contributed by atoms with Crippen LogP contribution in [0.1, 0.15) is 6.42 Å². The van der Waals surface area contributed by atoms with Crippen LogP contribution in [0.3, 0.4) is 0 Å². The van der Waals surface area contributed by atoms with Gasteiger partial charge in [0.1, 0.15) is 0 Å². The molecular formula is C8H20N2O2S2. The van der Waals surface area contributed by atoms with Gasteiger partial charge in [0, 0.05) is 19.3 Å². The summed E-state index contributed by atoms with van der Waals surface area (Å²) in [5.41, 5.74) is 0. The fraction of sp³-hybridized carbons (Fsp3) is 1.00. The Bertz CT molecular complexity index is 229. The predicted octanol–water partition coefficient (Wildman–Crippen LogP) is 0.221. The molecule has 0 radical (unpaired) electrons. The van der Waals surface area contributed by atoms with Crippen molar-refractivity contribution in [1.29, 1.82) is 0 Å². The average molecular weight is 240 g/mol. The molecule has 0 aliphatic heterocycles. The van der Waals surface area contributed by atoms with Crippen molar-refractivity contribution in [2.45, 2.75) is 6.42 Å². The lowest BCUT2D eigenvalue weighted by molar-refractivity contribution is 0.486. The number of sulfonamides is 1. The zero-order valence-corrected chi connectivity index (χ0v) is 10.7. The summed E-state index contributed by atoms with van der Waals surface area (Å²) < 4.78 is 24.6. The number of hydrogen-bond donors (Lipinski definition) is 1. The second-order valence-corrected chi connectivity index (χ2v) is 6.27. The van der Waals surface area contributed by atoms with Gasteiger partial charge in [-0.2, -0.15) is 11.8 Å². The molecule has 0 aromatic carbocycles. The first-order valence-electron chi connectivity index (χ1n) is 4.62. The van der Waals surface area contributed by atoms with Crippen molar-refractivity contribution in [2.75, 3.05) is 44.9 Å². The lowest BCUT2D eigenvalue weighted by atomic mass is 10.5. The minimum Gasteiger partial charge on any atom is -0.320 e. The van der Waals surface area contributed by atoms with Gasteiger partial charge in [-0.15, -0.1) is 0 Å². The van der Waals surface area contributed by atoms with Gasteiger partial charge < -0.3 is 5.32 Å². The molecule has 6 heteroatoms. The molecule has 0 heterocycles. The number of nitrogens with one attached hydrogen (secondary N) is 1. The summed E-state index contributed by atoms with van der Waals surface area (Å²) in [7, 11) is 0.442. The fourth-order valence-electron chi connectivity index (χ4n) is 0.946. The minimum absolute atomic E-state index is 0.235. The summed E-state index contributed by atoms with van der Waals surface area (Å²) in [5.74, 6) is 1.08. The van der Waals surface area contributed by atoms with E-state index in [0.717, 1.165) is 12.3 Å². The summed E-state index contributed by atoms with van der Waals surface area (Å²) in [6.07, 6.45) is 2.64. The predicted molar refractivity (Wildman–Crippen MR) is 63.3 cm³/mol. The van der Waals surface area contributed by atoms with E-state index in [1.807, 2.05) is 13.3 Å². The summed E-state index contributed by atoms with van der Waals surface area (Å²) in [4.78, 5) is 0. The van der Waals surface area contributed by atoms with Gasteiger partial charge in [-0.05, 0) is 26.3 Å². The molecule has 14 heavy (non-hydrogen) atoms. The first-order chi connectivity index (χ1) is 6.54. The van der Waals surface area contributed by atoms with Crippen LogP contribution in [0.5, 0.6) is 0 Å². The molecular weight excluding hydrogens is 220 g/mol. The van der Waals surface area contributed by atoms with Crippen molar-refractivity contribution in [2.24, 2.45) is 0 Å². The maximum atomic E-state index is 11.6. The molecule has 0 bridgehead atoms. The Morgan fingerprint density at radius 1 is 1.43 bits per heavy atom. The fourth-order valence-corrected chi connectivity index (χ4v) is 2.71. The highest BCUT2D eigenvalue weighted by molar-refractivity contribution is 7.98. The molecule has 0 saturated heterocycles. The van der Waals surface area contributed by atoms with Crippen LogP contribution < -0.4 is 5.32 Å². The monoisotopic (exact) mass is 240 g/mol. The maximum Gasteiger partial charge on any atom is 0.213 e. The van der Waals surface area contributed by atoms with Gasteiger partial charge in [0.25, 0.3) is 0 Å². The lowest BCUT2D eigenvalue weighted by Gasteiger charge is -2.16. The van der Waals surface area contributed by atoms with E-state index in [-0.39, 0.29) is 5.75 Å². The van der Waals surface area contributed by atoms with E-state index in [9.17, 15) is 8.42 Å². The van der Waals surface area contributed by atoms with E-state index >= 15 is 0 Å². The average Bonchev–Trinajstić information content (AvgIpc) is 2.14. The molecule has 1 N–H and O–H groups in total. The molecule has 4 nitrogen and oxygen atoms in total. The van der Waals surface area contributed by atoms with Gasteiger partial charge in [0.2, 0.25) is 10.0 Å². The zero-order valence-electron chi connectivity index (χ0n) is 9.12. The second-order valence-electron chi connectivity index (χ2n) is 3.09. The largest absolute Gasteiger partial charge is 0.320 e. The molecule has 0 aliphatic rings. The zero-order chi connectivity index (χ0) is 11.0. The molecule has 0 unspecified atom stereocenters. The minimum atomic E-state index is -3.02. The molecule has 0 fully saturated rings. The van der Waals surface area contributed by atoms with E-state index in [1.54, 1.807) is 18.8 Å². The number of hydrogen-bond acceptors (Lipinski definition) is 4. The Morgan fingerprint density at radius 3 is 2.57 bits per heavy atom. The molecule has 0 atom stereocenters. The van der Waals surface area contributed by atoms with Crippen LogP contribution in [0.25, 0.3) is 0 Å². The van der Waals surface area contributed by atoms with Crippen LogP contribution in [0.2, 0.25) is 0 Å². The number of thioether (sulfide) groups is 1. The third-order valence-corrected chi connectivity index (χ3v) is 4.44. The van der Waals surface area contributed by atoms with Crippen LogP contribution in [-0.4, -0.2) is 57.7 Å². The third kappa shape index (κ3) is 5.85. The second kappa shape index (κ2) is 7.50. The highest BCUT2D eigenvalue weighted by Gasteiger charge is 2.15. The smallest absolute Gasteiger partial charge is 0.213 e. The van der Waals surface area contributed by atoms with Crippen molar-refractivity contribution >= 4 is 21.8 Å². The van der Waals surface area contributed by atoms with Crippen LogP contribution in [-0.2, 0) is 10.0 Å². The summed E-state index contributed by atoms with van der Waals surface area (Å²) in [6.45, 7) is 1.35. The highest BCUT2D eigenvalue weighted by Crippen LogP contribution is 2.02. The Labute approximate surface area is 91.5 Å². The summed E-state index contributed by atoms with van der Waals surface area (Å²) >= 11 is 1.66. The molecule has 0 spiro atoms. The van der Waals surface area contributed by atoms with Gasteiger partial charge in [0.15, 0.2) is 0 Å².